The zero-order valence-electron chi connectivity index (χ0n) is 8.00. The molecule has 0 saturated heterocycles. The zero-order chi connectivity index (χ0) is 8.85. The highest BCUT2D eigenvalue weighted by atomic mass is 16.1. The Labute approximate surface area is 69.6 Å². The van der Waals surface area contributed by atoms with E-state index in [1.807, 2.05) is 7.05 Å². The fraction of sp³-hybridized carbons (Fsp3) is 0.889. The van der Waals surface area contributed by atoms with E-state index in [1.54, 1.807) is 0 Å². The van der Waals surface area contributed by atoms with Crippen molar-refractivity contribution in [3.8, 4) is 0 Å². The molecular formula is C9H19NO. The largest absolute Gasteiger partial charge is 0.302 e. The molecule has 0 fully saturated rings. The van der Waals surface area contributed by atoms with Crippen LogP contribution in [0.1, 0.15) is 27.2 Å². The lowest BCUT2D eigenvalue weighted by molar-refractivity contribution is -0.113. The first-order valence-electron chi connectivity index (χ1n) is 4.32. The van der Waals surface area contributed by atoms with Crippen LogP contribution in [0.4, 0.5) is 0 Å². The average molecular weight is 157 g/mol. The minimum absolute atomic E-state index is 0.102. The van der Waals surface area contributed by atoms with Gasteiger partial charge in [0.05, 0.1) is 6.04 Å². The topological polar surface area (TPSA) is 20.3 Å². The highest BCUT2D eigenvalue weighted by Crippen LogP contribution is 2.10. The van der Waals surface area contributed by atoms with Crippen molar-refractivity contribution in [3.63, 3.8) is 0 Å². The Morgan fingerprint density at radius 2 is 2.00 bits per heavy atom. The second kappa shape index (κ2) is 5.30. The highest BCUT2D eigenvalue weighted by Gasteiger charge is 2.17. The van der Waals surface area contributed by atoms with Gasteiger partial charge < -0.3 is 4.79 Å². The maximum Gasteiger partial charge on any atom is 0.137 e. The number of hydrogen-bond donors (Lipinski definition) is 0. The highest BCUT2D eigenvalue weighted by molar-refractivity contribution is 5.57. The molecule has 2 heteroatoms. The average Bonchev–Trinajstić information content (AvgIpc) is 2.05. The van der Waals surface area contributed by atoms with Gasteiger partial charge in [0, 0.05) is 0 Å². The lowest BCUT2D eigenvalue weighted by atomic mass is 9.99. The molecule has 0 aliphatic rings. The molecule has 2 atom stereocenters. The van der Waals surface area contributed by atoms with Gasteiger partial charge in [-0.25, -0.2) is 0 Å². The van der Waals surface area contributed by atoms with Gasteiger partial charge in [0.1, 0.15) is 6.29 Å². The number of carbonyl (C=O) groups excluding carboxylic acids is 1. The van der Waals surface area contributed by atoms with Gasteiger partial charge in [-0.1, -0.05) is 27.2 Å². The third kappa shape index (κ3) is 3.02. The van der Waals surface area contributed by atoms with Crippen molar-refractivity contribution < 1.29 is 4.79 Å². The summed E-state index contributed by atoms with van der Waals surface area (Å²) in [5, 5.41) is 0. The first kappa shape index (κ1) is 10.6. The molecule has 0 spiro atoms. The number of carbonyl (C=O) groups is 1. The predicted octanol–water partition coefficient (Wildman–Crippen LogP) is 1.55. The van der Waals surface area contributed by atoms with Crippen molar-refractivity contribution in [2.45, 2.75) is 33.2 Å². The van der Waals surface area contributed by atoms with Gasteiger partial charge in [-0.2, -0.15) is 0 Å². The molecule has 0 amide bonds. The van der Waals surface area contributed by atoms with E-state index >= 15 is 0 Å². The number of nitrogens with zero attached hydrogens (tertiary/aromatic N) is 1. The molecule has 2 nitrogen and oxygen atoms in total. The normalized spacial score (nSPS) is 16.5. The fourth-order valence-corrected chi connectivity index (χ4v) is 1.12. The molecule has 0 aromatic rings. The number of aldehydes is 1. The quantitative estimate of drug-likeness (QED) is 0.564. The van der Waals surface area contributed by atoms with Crippen LogP contribution in [0.5, 0.6) is 0 Å². The monoisotopic (exact) mass is 157 g/mol. The van der Waals surface area contributed by atoms with Crippen molar-refractivity contribution in [2.75, 3.05) is 13.6 Å². The molecule has 0 bridgehead atoms. The van der Waals surface area contributed by atoms with Crippen LogP contribution in [-0.4, -0.2) is 30.8 Å². The summed E-state index contributed by atoms with van der Waals surface area (Å²) in [5.74, 6) is 0.470. The molecule has 0 saturated carbocycles. The molecular weight excluding hydrogens is 138 g/mol. The van der Waals surface area contributed by atoms with Crippen LogP contribution >= 0.6 is 0 Å². The fourth-order valence-electron chi connectivity index (χ4n) is 1.12. The first-order chi connectivity index (χ1) is 5.17. The second-order valence-electron chi connectivity index (χ2n) is 3.09. The maximum atomic E-state index is 10.7. The summed E-state index contributed by atoms with van der Waals surface area (Å²) in [6, 6.07) is 0.102. The zero-order valence-corrected chi connectivity index (χ0v) is 8.00. The van der Waals surface area contributed by atoms with Crippen molar-refractivity contribution in [2.24, 2.45) is 5.92 Å². The lowest BCUT2D eigenvalue weighted by Crippen LogP contribution is -2.37. The number of likely N-dealkylation sites (N-methyl/N-ethyl adjacent to an activating group) is 1. The van der Waals surface area contributed by atoms with E-state index in [2.05, 4.69) is 25.7 Å². The van der Waals surface area contributed by atoms with Crippen molar-refractivity contribution >= 4 is 6.29 Å². The summed E-state index contributed by atoms with van der Waals surface area (Å²) in [4.78, 5) is 12.7. The Kier molecular flexibility index (Phi) is 5.12. The van der Waals surface area contributed by atoms with Gasteiger partial charge in [-0.3, -0.25) is 4.90 Å². The van der Waals surface area contributed by atoms with Crippen molar-refractivity contribution in [1.82, 2.24) is 4.90 Å². The third-order valence-corrected chi connectivity index (χ3v) is 2.37. The molecule has 0 aliphatic carbocycles. The SMILES string of the molecule is CCC(C)C(C=O)N(C)CC. The molecule has 0 heterocycles. The van der Waals surface area contributed by atoms with Gasteiger partial charge in [-0.15, -0.1) is 0 Å². The van der Waals surface area contributed by atoms with Crippen LogP contribution in [0, 0.1) is 5.92 Å². The number of hydrogen-bond acceptors (Lipinski definition) is 2. The molecule has 0 rings (SSSR count). The number of rotatable bonds is 5. The Morgan fingerprint density at radius 1 is 1.45 bits per heavy atom. The molecule has 2 unspecified atom stereocenters. The molecule has 11 heavy (non-hydrogen) atoms. The van der Waals surface area contributed by atoms with Gasteiger partial charge in [0.2, 0.25) is 0 Å². The van der Waals surface area contributed by atoms with E-state index in [0.717, 1.165) is 19.3 Å². The molecule has 0 aromatic carbocycles. The van der Waals surface area contributed by atoms with E-state index < -0.39 is 0 Å². The molecule has 0 radical (unpaired) electrons. The second-order valence-corrected chi connectivity index (χ2v) is 3.09. The first-order valence-corrected chi connectivity index (χ1v) is 4.32. The van der Waals surface area contributed by atoms with Crippen molar-refractivity contribution in [1.29, 1.82) is 0 Å². The predicted molar refractivity (Wildman–Crippen MR) is 47.6 cm³/mol. The van der Waals surface area contributed by atoms with Crippen LogP contribution in [0.25, 0.3) is 0 Å². The van der Waals surface area contributed by atoms with E-state index in [0.29, 0.717) is 5.92 Å². The Hall–Kier alpha value is -0.370. The summed E-state index contributed by atoms with van der Waals surface area (Å²) >= 11 is 0. The van der Waals surface area contributed by atoms with E-state index in [4.69, 9.17) is 0 Å². The van der Waals surface area contributed by atoms with Crippen molar-refractivity contribution in [3.05, 3.63) is 0 Å². The maximum absolute atomic E-state index is 10.7. The lowest BCUT2D eigenvalue weighted by Gasteiger charge is -2.26. The van der Waals surface area contributed by atoms with Crippen LogP contribution in [0.2, 0.25) is 0 Å². The third-order valence-electron chi connectivity index (χ3n) is 2.37. The standard InChI is InChI=1S/C9H19NO/c1-5-8(3)9(7-11)10(4)6-2/h7-9H,5-6H2,1-4H3. The van der Waals surface area contributed by atoms with Gasteiger partial charge in [-0.05, 0) is 19.5 Å². The smallest absolute Gasteiger partial charge is 0.137 e. The summed E-state index contributed by atoms with van der Waals surface area (Å²) in [6.45, 7) is 7.24. The molecule has 0 N–H and O–H groups in total. The van der Waals surface area contributed by atoms with E-state index in [9.17, 15) is 4.79 Å². The van der Waals surface area contributed by atoms with Crippen LogP contribution in [-0.2, 0) is 4.79 Å². The summed E-state index contributed by atoms with van der Waals surface area (Å²) < 4.78 is 0. The Morgan fingerprint density at radius 3 is 2.27 bits per heavy atom. The minimum atomic E-state index is 0.102. The molecule has 66 valence electrons. The van der Waals surface area contributed by atoms with E-state index in [1.165, 1.54) is 0 Å². The van der Waals surface area contributed by atoms with Crippen LogP contribution in [0.3, 0.4) is 0 Å². The Balaban J connectivity index is 4.03. The van der Waals surface area contributed by atoms with E-state index in [-0.39, 0.29) is 6.04 Å². The van der Waals surface area contributed by atoms with Crippen LogP contribution < -0.4 is 0 Å². The van der Waals surface area contributed by atoms with Gasteiger partial charge >= 0.3 is 0 Å². The van der Waals surface area contributed by atoms with Gasteiger partial charge in [0.25, 0.3) is 0 Å². The minimum Gasteiger partial charge on any atom is -0.302 e. The summed E-state index contributed by atoms with van der Waals surface area (Å²) in [6.07, 6.45) is 2.12. The van der Waals surface area contributed by atoms with Gasteiger partial charge in [0.15, 0.2) is 0 Å². The molecule has 0 aromatic heterocycles. The Bertz CT molecular complexity index is 104. The molecule has 0 aliphatic heterocycles. The summed E-state index contributed by atoms with van der Waals surface area (Å²) in [7, 11) is 1.99. The summed E-state index contributed by atoms with van der Waals surface area (Å²) in [5.41, 5.74) is 0. The van der Waals surface area contributed by atoms with Crippen LogP contribution in [0.15, 0.2) is 0 Å².